The minimum absolute atomic E-state index is 0.0304. The molecule has 0 aliphatic carbocycles. The first-order chi connectivity index (χ1) is 9.08. The van der Waals surface area contributed by atoms with Crippen molar-refractivity contribution in [3.05, 3.63) is 23.8 Å². The van der Waals surface area contributed by atoms with Crippen LogP contribution >= 0.6 is 0 Å². The van der Waals surface area contributed by atoms with Crippen LogP contribution in [0.5, 0.6) is 11.5 Å². The van der Waals surface area contributed by atoms with Gasteiger partial charge in [-0.1, -0.05) is 6.07 Å². The molecule has 6 nitrogen and oxygen atoms in total. The van der Waals surface area contributed by atoms with Gasteiger partial charge < -0.3 is 25.0 Å². The van der Waals surface area contributed by atoms with Gasteiger partial charge in [-0.3, -0.25) is 0 Å². The second-order valence-corrected chi connectivity index (χ2v) is 4.00. The number of rotatable bonds is 8. The Labute approximate surface area is 112 Å². The predicted octanol–water partition coefficient (Wildman–Crippen LogP) is 0.281. The lowest BCUT2D eigenvalue weighted by Gasteiger charge is -2.10. The minimum atomic E-state index is -1.37. The number of methoxy groups -OCH3 is 2. The number of carboxylic acids is 1. The molecule has 0 aliphatic heterocycles. The zero-order valence-corrected chi connectivity index (χ0v) is 11.0. The predicted molar refractivity (Wildman–Crippen MR) is 69.8 cm³/mol. The number of aliphatic hydroxyl groups is 1. The van der Waals surface area contributed by atoms with Crippen molar-refractivity contribution in [1.82, 2.24) is 5.32 Å². The fraction of sp³-hybridized carbons (Fsp3) is 0.462. The highest BCUT2D eigenvalue weighted by atomic mass is 16.5. The van der Waals surface area contributed by atoms with E-state index in [0.717, 1.165) is 5.56 Å². The highest BCUT2D eigenvalue weighted by Gasteiger charge is 2.11. The molecule has 19 heavy (non-hydrogen) atoms. The van der Waals surface area contributed by atoms with Crippen molar-refractivity contribution < 1.29 is 24.5 Å². The van der Waals surface area contributed by atoms with Crippen LogP contribution in [0.25, 0.3) is 0 Å². The van der Waals surface area contributed by atoms with Gasteiger partial charge >= 0.3 is 5.97 Å². The molecular weight excluding hydrogens is 250 g/mol. The van der Waals surface area contributed by atoms with Crippen LogP contribution in [-0.2, 0) is 11.2 Å². The van der Waals surface area contributed by atoms with Crippen LogP contribution in [0.3, 0.4) is 0 Å². The van der Waals surface area contributed by atoms with E-state index in [1.54, 1.807) is 14.2 Å². The third-order valence-corrected chi connectivity index (χ3v) is 2.66. The van der Waals surface area contributed by atoms with Crippen molar-refractivity contribution in [1.29, 1.82) is 0 Å². The Bertz CT molecular complexity index is 421. The number of aliphatic hydroxyl groups excluding tert-OH is 1. The number of ether oxygens (including phenoxy) is 2. The van der Waals surface area contributed by atoms with Crippen molar-refractivity contribution in [3.8, 4) is 11.5 Å². The van der Waals surface area contributed by atoms with Gasteiger partial charge in [0.2, 0.25) is 0 Å². The number of carbonyl (C=O) groups is 1. The summed E-state index contributed by atoms with van der Waals surface area (Å²) in [4.78, 5) is 10.4. The summed E-state index contributed by atoms with van der Waals surface area (Å²) in [5.41, 5.74) is 1.04. The van der Waals surface area contributed by atoms with Crippen LogP contribution in [0.2, 0.25) is 0 Å². The number of nitrogens with one attached hydrogen (secondary N) is 1. The maximum Gasteiger partial charge on any atom is 0.333 e. The minimum Gasteiger partial charge on any atom is -0.493 e. The lowest BCUT2D eigenvalue weighted by molar-refractivity contribution is -0.146. The van der Waals surface area contributed by atoms with Gasteiger partial charge in [0, 0.05) is 6.54 Å². The molecule has 0 bridgehead atoms. The fourth-order valence-electron chi connectivity index (χ4n) is 1.59. The normalized spacial score (nSPS) is 11.9. The average Bonchev–Trinajstić information content (AvgIpc) is 2.42. The second kappa shape index (κ2) is 7.60. The van der Waals surface area contributed by atoms with E-state index in [0.29, 0.717) is 24.5 Å². The Morgan fingerprint density at radius 1 is 1.32 bits per heavy atom. The maximum atomic E-state index is 10.4. The molecule has 1 aromatic rings. The van der Waals surface area contributed by atoms with E-state index >= 15 is 0 Å². The molecule has 0 radical (unpaired) electrons. The quantitative estimate of drug-likeness (QED) is 0.588. The summed E-state index contributed by atoms with van der Waals surface area (Å²) in [6, 6.07) is 5.60. The Morgan fingerprint density at radius 3 is 2.58 bits per heavy atom. The highest BCUT2D eigenvalue weighted by Crippen LogP contribution is 2.27. The molecule has 1 rings (SSSR count). The van der Waals surface area contributed by atoms with Crippen LogP contribution < -0.4 is 14.8 Å². The molecule has 3 N–H and O–H groups in total. The maximum absolute atomic E-state index is 10.4. The molecule has 0 aromatic heterocycles. The largest absolute Gasteiger partial charge is 0.493 e. The van der Waals surface area contributed by atoms with Crippen molar-refractivity contribution in [2.24, 2.45) is 0 Å². The number of aliphatic carboxylic acids is 1. The van der Waals surface area contributed by atoms with Crippen LogP contribution in [0.4, 0.5) is 0 Å². The lowest BCUT2D eigenvalue weighted by Crippen LogP contribution is -2.33. The first-order valence-corrected chi connectivity index (χ1v) is 5.91. The van der Waals surface area contributed by atoms with E-state index < -0.39 is 12.1 Å². The summed E-state index contributed by atoms with van der Waals surface area (Å²) in [5, 5.41) is 20.5. The van der Waals surface area contributed by atoms with Gasteiger partial charge in [-0.15, -0.1) is 0 Å². The molecular formula is C13H19NO5. The zero-order chi connectivity index (χ0) is 14.3. The zero-order valence-electron chi connectivity index (χ0n) is 11.0. The van der Waals surface area contributed by atoms with Gasteiger partial charge in [-0.05, 0) is 30.7 Å². The van der Waals surface area contributed by atoms with Crippen LogP contribution in [0, 0.1) is 0 Å². The summed E-state index contributed by atoms with van der Waals surface area (Å²) in [5.74, 6) is 0.102. The van der Waals surface area contributed by atoms with Crippen LogP contribution in [0.15, 0.2) is 18.2 Å². The first kappa shape index (κ1) is 15.3. The number of hydrogen-bond donors (Lipinski definition) is 3. The molecule has 0 heterocycles. The van der Waals surface area contributed by atoms with Crippen LogP contribution in [-0.4, -0.2) is 49.6 Å². The molecule has 1 atom stereocenters. The Balaban J connectivity index is 2.43. The van der Waals surface area contributed by atoms with Crippen molar-refractivity contribution >= 4 is 5.97 Å². The third kappa shape index (κ3) is 4.76. The molecule has 0 aliphatic rings. The van der Waals surface area contributed by atoms with Crippen molar-refractivity contribution in [3.63, 3.8) is 0 Å². The molecule has 1 unspecified atom stereocenters. The molecule has 106 valence electrons. The van der Waals surface area contributed by atoms with E-state index in [1.165, 1.54) is 0 Å². The Morgan fingerprint density at radius 2 is 2.00 bits per heavy atom. The molecule has 1 aromatic carbocycles. The van der Waals surface area contributed by atoms with E-state index in [9.17, 15) is 4.79 Å². The topological polar surface area (TPSA) is 88.0 Å². The standard InChI is InChI=1S/C13H19NO5/c1-18-11-4-3-9(7-12(11)19-2)5-6-14-8-10(15)13(16)17/h3-4,7,10,14-15H,5-6,8H2,1-2H3,(H,16,17). The Hall–Kier alpha value is -1.79. The molecule has 0 fully saturated rings. The highest BCUT2D eigenvalue weighted by molar-refractivity contribution is 5.72. The molecule has 6 heteroatoms. The van der Waals surface area contributed by atoms with Gasteiger partial charge in [0.25, 0.3) is 0 Å². The number of carboxylic acid groups (broad SMARTS) is 1. The fourth-order valence-corrected chi connectivity index (χ4v) is 1.59. The van der Waals surface area contributed by atoms with Crippen LogP contribution in [0.1, 0.15) is 5.56 Å². The monoisotopic (exact) mass is 269 g/mol. The summed E-state index contributed by atoms with van der Waals surface area (Å²) in [7, 11) is 3.15. The van der Waals surface area contributed by atoms with Gasteiger partial charge in [-0.25, -0.2) is 4.79 Å². The summed E-state index contributed by atoms with van der Waals surface area (Å²) >= 11 is 0. The molecule has 0 saturated carbocycles. The van der Waals surface area contributed by atoms with E-state index in [2.05, 4.69) is 5.32 Å². The van der Waals surface area contributed by atoms with E-state index in [-0.39, 0.29) is 6.54 Å². The molecule has 0 saturated heterocycles. The van der Waals surface area contributed by atoms with Gasteiger partial charge in [0.15, 0.2) is 17.6 Å². The molecule has 0 spiro atoms. The van der Waals surface area contributed by atoms with E-state index in [4.69, 9.17) is 19.7 Å². The van der Waals surface area contributed by atoms with Crippen molar-refractivity contribution in [2.75, 3.05) is 27.3 Å². The summed E-state index contributed by atoms with van der Waals surface area (Å²) in [6.07, 6.45) is -0.669. The number of hydrogen-bond acceptors (Lipinski definition) is 5. The van der Waals surface area contributed by atoms with Gasteiger partial charge in [0.05, 0.1) is 14.2 Å². The van der Waals surface area contributed by atoms with E-state index in [1.807, 2.05) is 18.2 Å². The average molecular weight is 269 g/mol. The number of benzene rings is 1. The Kier molecular flexibility index (Phi) is 6.11. The third-order valence-electron chi connectivity index (χ3n) is 2.66. The lowest BCUT2D eigenvalue weighted by atomic mass is 10.1. The summed E-state index contributed by atoms with van der Waals surface area (Å²) < 4.78 is 10.3. The molecule has 0 amide bonds. The smallest absolute Gasteiger partial charge is 0.333 e. The SMILES string of the molecule is COc1ccc(CCNCC(O)C(=O)O)cc1OC. The van der Waals surface area contributed by atoms with Gasteiger partial charge in [-0.2, -0.15) is 0 Å². The van der Waals surface area contributed by atoms with Gasteiger partial charge in [0.1, 0.15) is 0 Å². The summed E-state index contributed by atoms with van der Waals surface area (Å²) in [6.45, 7) is 0.600. The first-order valence-electron chi connectivity index (χ1n) is 5.91. The van der Waals surface area contributed by atoms with Crippen molar-refractivity contribution in [2.45, 2.75) is 12.5 Å². The second-order valence-electron chi connectivity index (χ2n) is 4.00.